The van der Waals surface area contributed by atoms with Crippen LogP contribution in [0.2, 0.25) is 0 Å². The number of halogens is 1. The molecule has 0 bridgehead atoms. The predicted octanol–water partition coefficient (Wildman–Crippen LogP) is 3.07. The van der Waals surface area contributed by atoms with E-state index in [-0.39, 0.29) is 5.82 Å². The van der Waals surface area contributed by atoms with Gasteiger partial charge in [0.05, 0.1) is 6.61 Å². The van der Waals surface area contributed by atoms with Crippen molar-refractivity contribution in [3.8, 4) is 0 Å². The largest absolute Gasteiger partial charge is 0.380 e. The minimum atomic E-state index is -0.181. The molecule has 17 heavy (non-hydrogen) atoms. The number of ether oxygens (including phenoxy) is 1. The molecule has 3 heteroatoms. The summed E-state index contributed by atoms with van der Waals surface area (Å²) in [6.45, 7) is 9.57. The molecule has 0 aliphatic heterocycles. The van der Waals surface area contributed by atoms with Gasteiger partial charge in [-0.3, -0.25) is 4.90 Å². The molecule has 0 aliphatic carbocycles. The van der Waals surface area contributed by atoms with Crippen LogP contribution in [0, 0.1) is 5.82 Å². The van der Waals surface area contributed by atoms with Gasteiger partial charge in [-0.05, 0) is 38.5 Å². The molecule has 0 unspecified atom stereocenters. The molecule has 0 N–H and O–H groups in total. The van der Waals surface area contributed by atoms with Crippen molar-refractivity contribution in [1.82, 2.24) is 4.90 Å². The van der Waals surface area contributed by atoms with Crippen LogP contribution < -0.4 is 0 Å². The van der Waals surface area contributed by atoms with E-state index < -0.39 is 0 Å². The number of benzene rings is 1. The van der Waals surface area contributed by atoms with Crippen molar-refractivity contribution in [1.29, 1.82) is 0 Å². The molecule has 0 aromatic heterocycles. The molecule has 96 valence electrons. The maximum atomic E-state index is 12.8. The first kappa shape index (κ1) is 14.1. The van der Waals surface area contributed by atoms with Gasteiger partial charge in [-0.1, -0.05) is 12.1 Å². The summed E-state index contributed by atoms with van der Waals surface area (Å²) in [4.78, 5) is 2.32. The minimum Gasteiger partial charge on any atom is -0.380 e. The summed E-state index contributed by atoms with van der Waals surface area (Å²) in [6, 6.07) is 7.16. The highest BCUT2D eigenvalue weighted by molar-refractivity contribution is 5.15. The van der Waals surface area contributed by atoms with E-state index in [2.05, 4.69) is 18.7 Å². The molecule has 1 rings (SSSR count). The van der Waals surface area contributed by atoms with Gasteiger partial charge in [0.1, 0.15) is 5.82 Å². The molecule has 1 aromatic carbocycles. The highest BCUT2D eigenvalue weighted by Crippen LogP contribution is 2.09. The highest BCUT2D eigenvalue weighted by Gasteiger charge is 2.09. The van der Waals surface area contributed by atoms with Gasteiger partial charge in [0, 0.05) is 25.7 Å². The maximum Gasteiger partial charge on any atom is 0.123 e. The molecule has 0 amide bonds. The number of nitrogens with zero attached hydrogens (tertiary/aromatic N) is 1. The standard InChI is InChI=1S/C14H22FNO/c1-4-17-10-9-16(12(2)3)11-13-5-7-14(15)8-6-13/h5-8,12H,4,9-11H2,1-3H3. The summed E-state index contributed by atoms with van der Waals surface area (Å²) in [7, 11) is 0. The maximum absolute atomic E-state index is 12.8. The number of hydrogen-bond acceptors (Lipinski definition) is 2. The second-order valence-corrected chi connectivity index (χ2v) is 4.39. The first-order chi connectivity index (χ1) is 8.13. The minimum absolute atomic E-state index is 0.181. The monoisotopic (exact) mass is 239 g/mol. The van der Waals surface area contributed by atoms with Gasteiger partial charge in [0.2, 0.25) is 0 Å². The zero-order valence-corrected chi connectivity index (χ0v) is 10.9. The smallest absolute Gasteiger partial charge is 0.123 e. The van der Waals surface area contributed by atoms with E-state index >= 15 is 0 Å². The fourth-order valence-electron chi connectivity index (χ4n) is 1.67. The van der Waals surface area contributed by atoms with Crippen molar-refractivity contribution < 1.29 is 9.13 Å². The van der Waals surface area contributed by atoms with Crippen molar-refractivity contribution in [2.75, 3.05) is 19.8 Å². The molecule has 0 aliphatic rings. The molecule has 2 nitrogen and oxygen atoms in total. The lowest BCUT2D eigenvalue weighted by atomic mass is 10.2. The second kappa shape index (κ2) is 7.41. The average Bonchev–Trinajstić information content (AvgIpc) is 2.30. The van der Waals surface area contributed by atoms with Gasteiger partial charge in [-0.25, -0.2) is 4.39 Å². The molecule has 1 aromatic rings. The molecule has 0 atom stereocenters. The van der Waals surface area contributed by atoms with E-state index in [1.54, 1.807) is 0 Å². The molecular weight excluding hydrogens is 217 g/mol. The predicted molar refractivity (Wildman–Crippen MR) is 68.4 cm³/mol. The van der Waals surface area contributed by atoms with E-state index in [0.29, 0.717) is 6.04 Å². The van der Waals surface area contributed by atoms with Crippen molar-refractivity contribution in [2.45, 2.75) is 33.4 Å². The van der Waals surface area contributed by atoms with Gasteiger partial charge in [-0.2, -0.15) is 0 Å². The van der Waals surface area contributed by atoms with Crippen molar-refractivity contribution in [3.05, 3.63) is 35.6 Å². The van der Waals surface area contributed by atoms with E-state index in [1.807, 2.05) is 19.1 Å². The van der Waals surface area contributed by atoms with E-state index in [4.69, 9.17) is 4.74 Å². The highest BCUT2D eigenvalue weighted by atomic mass is 19.1. The second-order valence-electron chi connectivity index (χ2n) is 4.39. The van der Waals surface area contributed by atoms with Gasteiger partial charge in [-0.15, -0.1) is 0 Å². The number of rotatable bonds is 7. The first-order valence-electron chi connectivity index (χ1n) is 6.19. The summed E-state index contributed by atoms with van der Waals surface area (Å²) < 4.78 is 18.2. The molecular formula is C14H22FNO. The van der Waals surface area contributed by atoms with Crippen LogP contribution in [0.5, 0.6) is 0 Å². The average molecular weight is 239 g/mol. The van der Waals surface area contributed by atoms with Gasteiger partial charge in [0.15, 0.2) is 0 Å². The van der Waals surface area contributed by atoms with E-state index in [1.165, 1.54) is 12.1 Å². The molecule has 0 heterocycles. The first-order valence-corrected chi connectivity index (χ1v) is 6.19. The Hall–Kier alpha value is -0.930. The Morgan fingerprint density at radius 1 is 1.24 bits per heavy atom. The van der Waals surface area contributed by atoms with Crippen LogP contribution in [0.1, 0.15) is 26.3 Å². The summed E-state index contributed by atoms with van der Waals surface area (Å²) in [6.07, 6.45) is 0. The summed E-state index contributed by atoms with van der Waals surface area (Å²) >= 11 is 0. The SMILES string of the molecule is CCOCCN(Cc1ccc(F)cc1)C(C)C. The van der Waals surface area contributed by atoms with Crippen molar-refractivity contribution in [3.63, 3.8) is 0 Å². The molecule has 0 saturated heterocycles. The molecule has 0 radical (unpaired) electrons. The Bertz CT molecular complexity index is 311. The Balaban J connectivity index is 2.51. The van der Waals surface area contributed by atoms with Crippen LogP contribution in [-0.2, 0) is 11.3 Å². The fourth-order valence-corrected chi connectivity index (χ4v) is 1.67. The Morgan fingerprint density at radius 2 is 1.88 bits per heavy atom. The third kappa shape index (κ3) is 5.29. The van der Waals surface area contributed by atoms with E-state index in [0.717, 1.165) is 31.9 Å². The van der Waals surface area contributed by atoms with Crippen LogP contribution >= 0.6 is 0 Å². The van der Waals surface area contributed by atoms with Crippen LogP contribution in [0.15, 0.2) is 24.3 Å². The van der Waals surface area contributed by atoms with E-state index in [9.17, 15) is 4.39 Å². The zero-order chi connectivity index (χ0) is 12.7. The summed E-state index contributed by atoms with van der Waals surface area (Å²) in [5.41, 5.74) is 1.14. The van der Waals surface area contributed by atoms with Crippen LogP contribution in [-0.4, -0.2) is 30.7 Å². The lowest BCUT2D eigenvalue weighted by Crippen LogP contribution is -2.33. The normalized spacial score (nSPS) is 11.4. The van der Waals surface area contributed by atoms with Gasteiger partial charge >= 0.3 is 0 Å². The van der Waals surface area contributed by atoms with Gasteiger partial charge < -0.3 is 4.74 Å². The fraction of sp³-hybridized carbons (Fsp3) is 0.571. The molecule has 0 fully saturated rings. The molecule has 0 saturated carbocycles. The van der Waals surface area contributed by atoms with Crippen LogP contribution in [0.25, 0.3) is 0 Å². The Morgan fingerprint density at radius 3 is 2.41 bits per heavy atom. The summed E-state index contributed by atoms with van der Waals surface area (Å²) in [5, 5.41) is 0. The van der Waals surface area contributed by atoms with Gasteiger partial charge in [0.25, 0.3) is 0 Å². The van der Waals surface area contributed by atoms with Crippen LogP contribution in [0.3, 0.4) is 0 Å². The third-order valence-corrected chi connectivity index (χ3v) is 2.76. The van der Waals surface area contributed by atoms with Crippen molar-refractivity contribution in [2.24, 2.45) is 0 Å². The lowest BCUT2D eigenvalue weighted by molar-refractivity contribution is 0.0973. The zero-order valence-electron chi connectivity index (χ0n) is 10.9. The Kier molecular flexibility index (Phi) is 6.16. The quantitative estimate of drug-likeness (QED) is 0.678. The Labute approximate surface area is 103 Å². The van der Waals surface area contributed by atoms with Crippen molar-refractivity contribution >= 4 is 0 Å². The lowest BCUT2D eigenvalue weighted by Gasteiger charge is -2.26. The van der Waals surface area contributed by atoms with Crippen LogP contribution in [0.4, 0.5) is 4.39 Å². The summed E-state index contributed by atoms with van der Waals surface area (Å²) in [5.74, 6) is -0.181. The molecule has 0 spiro atoms. The topological polar surface area (TPSA) is 12.5 Å². The third-order valence-electron chi connectivity index (χ3n) is 2.76. The number of hydrogen-bond donors (Lipinski definition) is 0.